The SMILES string of the molecule is CCCCBr.O=CO. The lowest BCUT2D eigenvalue weighted by Gasteiger charge is -1.77. The summed E-state index contributed by atoms with van der Waals surface area (Å²) in [4.78, 5) is 8.36. The van der Waals surface area contributed by atoms with E-state index in [0.717, 1.165) is 5.33 Å². The van der Waals surface area contributed by atoms with Gasteiger partial charge in [-0.2, -0.15) is 0 Å². The van der Waals surface area contributed by atoms with Gasteiger partial charge in [-0.25, -0.2) is 0 Å². The average molecular weight is 183 g/mol. The molecule has 0 spiro atoms. The molecule has 0 unspecified atom stereocenters. The van der Waals surface area contributed by atoms with E-state index in [2.05, 4.69) is 22.9 Å². The van der Waals surface area contributed by atoms with Crippen molar-refractivity contribution in [3.05, 3.63) is 0 Å². The van der Waals surface area contributed by atoms with Crippen LogP contribution in [-0.2, 0) is 4.79 Å². The highest BCUT2D eigenvalue weighted by Crippen LogP contribution is 1.89. The van der Waals surface area contributed by atoms with Crippen molar-refractivity contribution >= 4 is 22.4 Å². The summed E-state index contributed by atoms with van der Waals surface area (Å²) >= 11 is 3.31. The first-order chi connectivity index (χ1) is 3.83. The molecule has 50 valence electrons. The van der Waals surface area contributed by atoms with Gasteiger partial charge in [-0.1, -0.05) is 29.3 Å². The van der Waals surface area contributed by atoms with Crippen molar-refractivity contribution in [1.29, 1.82) is 0 Å². The number of carbonyl (C=O) groups is 1. The van der Waals surface area contributed by atoms with E-state index in [1.165, 1.54) is 12.8 Å². The Labute approximate surface area is 58.0 Å². The first kappa shape index (κ1) is 10.8. The summed E-state index contributed by atoms with van der Waals surface area (Å²) in [5.74, 6) is 0. The summed E-state index contributed by atoms with van der Waals surface area (Å²) < 4.78 is 0. The number of hydrogen-bond acceptors (Lipinski definition) is 1. The van der Waals surface area contributed by atoms with Crippen LogP contribution in [0.25, 0.3) is 0 Å². The van der Waals surface area contributed by atoms with Gasteiger partial charge in [0.15, 0.2) is 0 Å². The third-order valence-electron chi connectivity index (χ3n) is 0.487. The minimum atomic E-state index is -0.250. The highest BCUT2D eigenvalue weighted by Gasteiger charge is 1.69. The van der Waals surface area contributed by atoms with Gasteiger partial charge < -0.3 is 5.11 Å². The molecule has 3 heteroatoms. The van der Waals surface area contributed by atoms with Crippen molar-refractivity contribution < 1.29 is 9.90 Å². The van der Waals surface area contributed by atoms with Crippen molar-refractivity contribution in [2.24, 2.45) is 0 Å². The number of alkyl halides is 1. The summed E-state index contributed by atoms with van der Waals surface area (Å²) in [6.45, 7) is 1.93. The van der Waals surface area contributed by atoms with Crippen LogP contribution in [0.4, 0.5) is 0 Å². The number of carboxylic acid groups (broad SMARTS) is 1. The molecular weight excluding hydrogens is 172 g/mol. The van der Waals surface area contributed by atoms with E-state index in [0.29, 0.717) is 0 Å². The molecule has 0 aliphatic rings. The topological polar surface area (TPSA) is 37.3 Å². The van der Waals surface area contributed by atoms with Crippen LogP contribution in [0, 0.1) is 0 Å². The smallest absolute Gasteiger partial charge is 0.290 e. The standard InChI is InChI=1S/C4H9Br.CH2O2/c1-2-3-4-5;2-1-3/h2-4H2,1H3;1H,(H,2,3). The van der Waals surface area contributed by atoms with Crippen molar-refractivity contribution in [1.82, 2.24) is 0 Å². The Morgan fingerprint density at radius 1 is 1.75 bits per heavy atom. The quantitative estimate of drug-likeness (QED) is 0.524. The number of unbranched alkanes of at least 4 members (excludes halogenated alkanes) is 1. The zero-order valence-electron chi connectivity index (χ0n) is 4.93. The molecule has 2 nitrogen and oxygen atoms in total. The van der Waals surface area contributed by atoms with E-state index < -0.39 is 0 Å². The summed E-state index contributed by atoms with van der Waals surface area (Å²) in [5.41, 5.74) is 0. The maximum absolute atomic E-state index is 8.36. The lowest BCUT2D eigenvalue weighted by Crippen LogP contribution is -1.64. The highest BCUT2D eigenvalue weighted by atomic mass is 79.9. The Morgan fingerprint density at radius 2 is 2.12 bits per heavy atom. The van der Waals surface area contributed by atoms with Crippen LogP contribution in [0.2, 0.25) is 0 Å². The molecule has 0 heterocycles. The minimum Gasteiger partial charge on any atom is -0.483 e. The van der Waals surface area contributed by atoms with Gasteiger partial charge in [-0.15, -0.1) is 0 Å². The average Bonchev–Trinajstić information content (AvgIpc) is 1.71. The second-order valence-electron chi connectivity index (χ2n) is 1.15. The second kappa shape index (κ2) is 15.8. The molecule has 8 heavy (non-hydrogen) atoms. The van der Waals surface area contributed by atoms with Gasteiger partial charge in [0.2, 0.25) is 0 Å². The van der Waals surface area contributed by atoms with Crippen molar-refractivity contribution in [2.75, 3.05) is 5.33 Å². The largest absolute Gasteiger partial charge is 0.483 e. The number of rotatable bonds is 2. The lowest BCUT2D eigenvalue weighted by molar-refractivity contribution is -0.122. The molecule has 0 saturated carbocycles. The van der Waals surface area contributed by atoms with Gasteiger partial charge >= 0.3 is 0 Å². The Balaban J connectivity index is 0. The van der Waals surface area contributed by atoms with E-state index in [1.807, 2.05) is 0 Å². The van der Waals surface area contributed by atoms with Gasteiger partial charge in [0.1, 0.15) is 0 Å². The van der Waals surface area contributed by atoms with Gasteiger partial charge in [0, 0.05) is 5.33 Å². The molecule has 0 atom stereocenters. The van der Waals surface area contributed by atoms with Gasteiger partial charge in [-0.3, -0.25) is 4.79 Å². The maximum Gasteiger partial charge on any atom is 0.290 e. The van der Waals surface area contributed by atoms with Crippen LogP contribution in [-0.4, -0.2) is 16.9 Å². The molecule has 0 aromatic carbocycles. The van der Waals surface area contributed by atoms with E-state index >= 15 is 0 Å². The summed E-state index contributed by atoms with van der Waals surface area (Å²) in [5, 5.41) is 8.05. The van der Waals surface area contributed by atoms with Crippen LogP contribution in [0.15, 0.2) is 0 Å². The predicted molar refractivity (Wildman–Crippen MR) is 37.4 cm³/mol. The molecule has 0 aromatic rings. The molecule has 0 fully saturated rings. The molecule has 1 N–H and O–H groups in total. The Kier molecular flexibility index (Phi) is 21.4. The normalized spacial score (nSPS) is 6.75. The number of halogens is 1. The third-order valence-corrected chi connectivity index (χ3v) is 1.05. The van der Waals surface area contributed by atoms with Crippen LogP contribution >= 0.6 is 15.9 Å². The molecular formula is C5H11BrO2. The first-order valence-electron chi connectivity index (χ1n) is 2.47. The fraction of sp³-hybridized carbons (Fsp3) is 0.800. The first-order valence-corrected chi connectivity index (χ1v) is 3.59. The molecule has 0 aliphatic heterocycles. The van der Waals surface area contributed by atoms with E-state index in [4.69, 9.17) is 9.90 Å². The molecule has 0 bridgehead atoms. The van der Waals surface area contributed by atoms with Crippen molar-refractivity contribution in [2.45, 2.75) is 19.8 Å². The molecule has 0 rings (SSSR count). The van der Waals surface area contributed by atoms with Gasteiger partial charge in [0.05, 0.1) is 0 Å². The maximum atomic E-state index is 8.36. The van der Waals surface area contributed by atoms with Crippen molar-refractivity contribution in [3.8, 4) is 0 Å². The van der Waals surface area contributed by atoms with E-state index in [9.17, 15) is 0 Å². The van der Waals surface area contributed by atoms with E-state index in [-0.39, 0.29) is 6.47 Å². The van der Waals surface area contributed by atoms with Crippen LogP contribution in [0.3, 0.4) is 0 Å². The molecule has 0 aromatic heterocycles. The second-order valence-corrected chi connectivity index (χ2v) is 1.94. The monoisotopic (exact) mass is 182 g/mol. The number of hydrogen-bond donors (Lipinski definition) is 1. The lowest BCUT2D eigenvalue weighted by atomic mass is 10.4. The summed E-state index contributed by atoms with van der Waals surface area (Å²) in [6, 6.07) is 0. The Morgan fingerprint density at radius 3 is 2.12 bits per heavy atom. The zero-order valence-corrected chi connectivity index (χ0v) is 6.52. The fourth-order valence-corrected chi connectivity index (χ4v) is 0.694. The third kappa shape index (κ3) is 38.3. The molecule has 0 saturated heterocycles. The fourth-order valence-electron chi connectivity index (χ4n) is 0.134. The predicted octanol–water partition coefficient (Wildman–Crippen LogP) is 1.88. The summed E-state index contributed by atoms with van der Waals surface area (Å²) in [7, 11) is 0. The molecule has 0 aliphatic carbocycles. The van der Waals surface area contributed by atoms with Gasteiger partial charge in [-0.05, 0) is 6.42 Å². The minimum absolute atomic E-state index is 0.250. The summed E-state index contributed by atoms with van der Waals surface area (Å²) in [6.07, 6.45) is 2.60. The highest BCUT2D eigenvalue weighted by molar-refractivity contribution is 9.09. The molecule has 0 radical (unpaired) electrons. The van der Waals surface area contributed by atoms with Gasteiger partial charge in [0.25, 0.3) is 6.47 Å². The zero-order chi connectivity index (χ0) is 6.83. The Hall–Kier alpha value is -0.0500. The van der Waals surface area contributed by atoms with Crippen LogP contribution < -0.4 is 0 Å². The van der Waals surface area contributed by atoms with Crippen LogP contribution in [0.5, 0.6) is 0 Å². The van der Waals surface area contributed by atoms with E-state index in [1.54, 1.807) is 0 Å². The Bertz CT molecular complexity index is 37.4. The van der Waals surface area contributed by atoms with Crippen molar-refractivity contribution in [3.63, 3.8) is 0 Å². The van der Waals surface area contributed by atoms with Crippen LogP contribution in [0.1, 0.15) is 19.8 Å². The molecule has 0 amide bonds.